The highest BCUT2D eigenvalue weighted by Crippen LogP contribution is 2.35. The maximum atomic E-state index is 12.7. The molecule has 0 unspecified atom stereocenters. The number of aromatic nitrogens is 1. The van der Waals surface area contributed by atoms with E-state index in [0.29, 0.717) is 23.7 Å². The zero-order valence-electron chi connectivity index (χ0n) is 19.1. The van der Waals surface area contributed by atoms with Gasteiger partial charge in [0.1, 0.15) is 11.3 Å². The fourth-order valence-electron chi connectivity index (χ4n) is 3.42. The molecule has 31 heavy (non-hydrogen) atoms. The standard InChI is InChI=1S/C22H30N2O6S/c1-8-24(9-10-29-31(7,26)27)18-13-17(5)23-21(19(18)22(25)28-6)30-20-15(3)11-14(2)12-16(20)4/h11-13H,8-10H2,1-7H3. The number of hydrogen-bond donors (Lipinski definition) is 0. The number of methoxy groups -OCH3 is 1. The number of benzene rings is 1. The summed E-state index contributed by atoms with van der Waals surface area (Å²) < 4.78 is 38.7. The van der Waals surface area contributed by atoms with Crippen molar-refractivity contribution in [3.8, 4) is 11.6 Å². The maximum Gasteiger partial charge on any atom is 0.345 e. The molecule has 1 aromatic carbocycles. The number of carbonyl (C=O) groups is 1. The molecule has 0 spiro atoms. The van der Waals surface area contributed by atoms with Crippen LogP contribution in [-0.4, -0.2) is 52.4 Å². The van der Waals surface area contributed by atoms with Gasteiger partial charge in [-0.05, 0) is 51.8 Å². The number of pyridine rings is 1. The van der Waals surface area contributed by atoms with E-state index in [1.54, 1.807) is 13.0 Å². The molecular weight excluding hydrogens is 420 g/mol. The van der Waals surface area contributed by atoms with Crippen LogP contribution in [0.2, 0.25) is 0 Å². The molecule has 9 heteroatoms. The third-order valence-corrected chi connectivity index (χ3v) is 5.26. The van der Waals surface area contributed by atoms with Crippen molar-refractivity contribution >= 4 is 21.8 Å². The smallest absolute Gasteiger partial charge is 0.345 e. The number of anilines is 1. The summed E-state index contributed by atoms with van der Waals surface area (Å²) in [6.45, 7) is 10.3. The lowest BCUT2D eigenvalue weighted by Crippen LogP contribution is -2.30. The van der Waals surface area contributed by atoms with Crippen molar-refractivity contribution in [1.82, 2.24) is 4.98 Å². The van der Waals surface area contributed by atoms with Crippen molar-refractivity contribution in [2.45, 2.75) is 34.6 Å². The molecule has 0 aliphatic carbocycles. The Balaban J connectivity index is 2.55. The number of esters is 1. The highest BCUT2D eigenvalue weighted by molar-refractivity contribution is 7.85. The average molecular weight is 451 g/mol. The van der Waals surface area contributed by atoms with Crippen molar-refractivity contribution in [2.24, 2.45) is 0 Å². The molecule has 0 fully saturated rings. The number of ether oxygens (including phenoxy) is 2. The first kappa shape index (κ1) is 24.6. The Kier molecular flexibility index (Phi) is 8.02. The summed E-state index contributed by atoms with van der Waals surface area (Å²) in [5.41, 5.74) is 4.31. The van der Waals surface area contributed by atoms with Crippen molar-refractivity contribution in [2.75, 3.05) is 38.0 Å². The Labute approximate surface area is 184 Å². The van der Waals surface area contributed by atoms with E-state index in [9.17, 15) is 13.2 Å². The first-order valence-corrected chi connectivity index (χ1v) is 11.7. The normalized spacial score (nSPS) is 11.3. The molecule has 0 saturated heterocycles. The molecule has 2 aromatic rings. The Hall–Kier alpha value is -2.65. The van der Waals surface area contributed by atoms with E-state index >= 15 is 0 Å². The molecule has 0 saturated carbocycles. The second-order valence-corrected chi connectivity index (χ2v) is 9.03. The molecular formula is C22H30N2O6S. The second-order valence-electron chi connectivity index (χ2n) is 7.39. The summed E-state index contributed by atoms with van der Waals surface area (Å²) in [4.78, 5) is 19.0. The Morgan fingerprint density at radius 3 is 2.23 bits per heavy atom. The molecule has 0 amide bonds. The summed E-state index contributed by atoms with van der Waals surface area (Å²) in [5, 5.41) is 0. The predicted molar refractivity (Wildman–Crippen MR) is 120 cm³/mol. The topological polar surface area (TPSA) is 95.0 Å². The largest absolute Gasteiger partial charge is 0.465 e. The SMILES string of the molecule is CCN(CCOS(C)(=O)=O)c1cc(C)nc(Oc2c(C)cc(C)cc2C)c1C(=O)OC. The van der Waals surface area contributed by atoms with Crippen molar-refractivity contribution in [1.29, 1.82) is 0 Å². The van der Waals surface area contributed by atoms with Gasteiger partial charge >= 0.3 is 5.97 Å². The van der Waals surface area contributed by atoms with Crippen molar-refractivity contribution < 1.29 is 26.9 Å². The second kappa shape index (κ2) is 10.1. The van der Waals surface area contributed by atoms with E-state index in [-0.39, 0.29) is 24.6 Å². The molecule has 2 rings (SSSR count). The summed E-state index contributed by atoms with van der Waals surface area (Å²) in [6.07, 6.45) is 0.998. The minimum absolute atomic E-state index is 0.0545. The van der Waals surface area contributed by atoms with Crippen LogP contribution in [0.1, 0.15) is 39.7 Å². The van der Waals surface area contributed by atoms with Gasteiger partial charge in [0.25, 0.3) is 10.1 Å². The average Bonchev–Trinajstić information content (AvgIpc) is 2.66. The summed E-state index contributed by atoms with van der Waals surface area (Å²) in [5.74, 6) is 0.171. The lowest BCUT2D eigenvalue weighted by molar-refractivity contribution is 0.0597. The van der Waals surface area contributed by atoms with Crippen molar-refractivity contribution in [3.05, 3.63) is 46.1 Å². The summed E-state index contributed by atoms with van der Waals surface area (Å²) in [7, 11) is -2.27. The van der Waals surface area contributed by atoms with Gasteiger partial charge in [0.15, 0.2) is 0 Å². The van der Waals surface area contributed by atoms with E-state index in [1.807, 2.05) is 44.7 Å². The van der Waals surface area contributed by atoms with Crippen LogP contribution < -0.4 is 9.64 Å². The number of hydrogen-bond acceptors (Lipinski definition) is 8. The summed E-state index contributed by atoms with van der Waals surface area (Å²) in [6, 6.07) is 5.74. The number of aryl methyl sites for hydroxylation is 4. The molecule has 0 aliphatic rings. The van der Waals surface area contributed by atoms with Gasteiger partial charge in [0, 0.05) is 18.8 Å². The number of carbonyl (C=O) groups excluding carboxylic acids is 1. The van der Waals surface area contributed by atoms with Crippen LogP contribution in [0.3, 0.4) is 0 Å². The Bertz CT molecular complexity index is 1040. The van der Waals surface area contributed by atoms with Crippen LogP contribution in [0.4, 0.5) is 5.69 Å². The minimum Gasteiger partial charge on any atom is -0.465 e. The molecule has 0 N–H and O–H groups in total. The molecule has 0 bridgehead atoms. The van der Waals surface area contributed by atoms with Gasteiger partial charge in [0.05, 0.1) is 25.7 Å². The van der Waals surface area contributed by atoms with Gasteiger partial charge in [-0.2, -0.15) is 8.42 Å². The van der Waals surface area contributed by atoms with Gasteiger partial charge < -0.3 is 14.4 Å². The summed E-state index contributed by atoms with van der Waals surface area (Å²) >= 11 is 0. The fourth-order valence-corrected chi connectivity index (χ4v) is 3.79. The third-order valence-electron chi connectivity index (χ3n) is 4.67. The molecule has 170 valence electrons. The lowest BCUT2D eigenvalue weighted by atomic mass is 10.1. The zero-order chi connectivity index (χ0) is 23.3. The first-order chi connectivity index (χ1) is 14.5. The maximum absolute atomic E-state index is 12.7. The Morgan fingerprint density at radius 2 is 1.71 bits per heavy atom. The van der Waals surface area contributed by atoms with Crippen LogP contribution >= 0.6 is 0 Å². The van der Waals surface area contributed by atoms with Crippen LogP contribution in [0.15, 0.2) is 18.2 Å². The van der Waals surface area contributed by atoms with Gasteiger partial charge in [0.2, 0.25) is 5.88 Å². The van der Waals surface area contributed by atoms with Gasteiger partial charge in [-0.15, -0.1) is 0 Å². The number of rotatable bonds is 9. The van der Waals surface area contributed by atoms with Crippen LogP contribution in [0.5, 0.6) is 11.6 Å². The van der Waals surface area contributed by atoms with Gasteiger partial charge in [-0.3, -0.25) is 4.18 Å². The molecule has 0 atom stereocenters. The van der Waals surface area contributed by atoms with E-state index in [0.717, 1.165) is 22.9 Å². The van der Waals surface area contributed by atoms with E-state index < -0.39 is 16.1 Å². The lowest BCUT2D eigenvalue weighted by Gasteiger charge is -2.26. The van der Waals surface area contributed by atoms with E-state index in [2.05, 4.69) is 4.98 Å². The number of nitrogens with zero attached hydrogens (tertiary/aromatic N) is 2. The van der Waals surface area contributed by atoms with E-state index in [1.165, 1.54) is 7.11 Å². The highest BCUT2D eigenvalue weighted by atomic mass is 32.2. The van der Waals surface area contributed by atoms with Crippen LogP contribution in [0.25, 0.3) is 0 Å². The first-order valence-electron chi connectivity index (χ1n) is 9.91. The van der Waals surface area contributed by atoms with Crippen molar-refractivity contribution in [3.63, 3.8) is 0 Å². The third kappa shape index (κ3) is 6.41. The predicted octanol–water partition coefficient (Wildman–Crippen LogP) is 3.70. The minimum atomic E-state index is -3.57. The van der Waals surface area contributed by atoms with Gasteiger partial charge in [-0.25, -0.2) is 9.78 Å². The van der Waals surface area contributed by atoms with E-state index in [4.69, 9.17) is 13.7 Å². The molecule has 1 aromatic heterocycles. The zero-order valence-corrected chi connectivity index (χ0v) is 19.9. The molecule has 0 aliphatic heterocycles. The Morgan fingerprint density at radius 1 is 1.10 bits per heavy atom. The number of likely N-dealkylation sites (N-methyl/N-ethyl adjacent to an activating group) is 1. The molecule has 8 nitrogen and oxygen atoms in total. The molecule has 0 radical (unpaired) electrons. The van der Waals surface area contributed by atoms with Crippen LogP contribution in [-0.2, 0) is 19.0 Å². The van der Waals surface area contributed by atoms with Gasteiger partial charge in [-0.1, -0.05) is 17.7 Å². The van der Waals surface area contributed by atoms with Crippen LogP contribution in [0, 0.1) is 27.7 Å². The fraction of sp³-hybridized carbons (Fsp3) is 0.455. The quantitative estimate of drug-likeness (QED) is 0.422. The monoisotopic (exact) mass is 450 g/mol. The molecule has 1 heterocycles. The highest BCUT2D eigenvalue weighted by Gasteiger charge is 2.25.